The summed E-state index contributed by atoms with van der Waals surface area (Å²) in [5.41, 5.74) is 20.3. The SMILES string of the molecule is CC(C)(C)OC(=O)N1CC=C(B2OC(C)(C)C(C)(C)O2)CC1.Cc1cc(-c2ncc(CNc3nccn4c(Br)cnc34)cc2C)ccn1.Cc1cc(-c2ncc(CNc3nccn4c(C5=CCN(C(=O)OC(C)(C)C)CC5)cnc34)cc2C)ccn1.Cc1cc(-c2ncc(CNc3nccn4c(C5CCN(C(=O)OC(C)(C)C)CC5)cnc34)cc2C)ccn1. The molecule has 0 bridgehead atoms. The zero-order valence-electron chi connectivity index (χ0n) is 74.6. The van der Waals surface area contributed by atoms with Crippen LogP contribution in [0.15, 0.2) is 170 Å². The van der Waals surface area contributed by atoms with Gasteiger partial charge in [0.2, 0.25) is 0 Å². The van der Waals surface area contributed by atoms with Crippen molar-refractivity contribution in [3.05, 3.63) is 232 Å². The lowest BCUT2D eigenvalue weighted by Crippen LogP contribution is -2.41. The van der Waals surface area contributed by atoms with E-state index in [2.05, 4.69) is 132 Å². The summed E-state index contributed by atoms with van der Waals surface area (Å²) >= 11 is 3.47. The summed E-state index contributed by atoms with van der Waals surface area (Å²) in [7, 11) is -0.314. The lowest BCUT2D eigenvalue weighted by Gasteiger charge is -2.33. The number of ether oxygens (including phenoxy) is 3. The van der Waals surface area contributed by atoms with Crippen molar-refractivity contribution in [3.63, 3.8) is 0 Å². The Kier molecular flexibility index (Phi) is 27.4. The minimum atomic E-state index is -0.505. The van der Waals surface area contributed by atoms with Crippen molar-refractivity contribution in [1.82, 2.24) is 87.7 Å². The number of fused-ring (bicyclic) bond motifs is 3. The molecule has 648 valence electrons. The maximum atomic E-state index is 12.4. The minimum absolute atomic E-state index is 0.238. The third kappa shape index (κ3) is 22.5. The highest BCUT2D eigenvalue weighted by atomic mass is 79.9. The van der Waals surface area contributed by atoms with Crippen LogP contribution in [0.2, 0.25) is 0 Å². The minimum Gasteiger partial charge on any atom is -0.444 e. The van der Waals surface area contributed by atoms with E-state index in [1.165, 1.54) is 0 Å². The number of aromatic nitrogens is 15. The van der Waals surface area contributed by atoms with Gasteiger partial charge in [0.05, 0.1) is 46.4 Å². The number of likely N-dealkylation sites (tertiary alicyclic amines) is 1. The second kappa shape index (κ2) is 37.9. The van der Waals surface area contributed by atoms with Gasteiger partial charge in [-0.15, -0.1) is 0 Å². The fourth-order valence-corrected chi connectivity index (χ4v) is 15.2. The Labute approximate surface area is 734 Å². The third-order valence-corrected chi connectivity index (χ3v) is 22.4. The van der Waals surface area contributed by atoms with Crippen LogP contribution in [-0.2, 0) is 43.2 Å². The van der Waals surface area contributed by atoms with Gasteiger partial charge in [-0.1, -0.05) is 30.4 Å². The van der Waals surface area contributed by atoms with Gasteiger partial charge in [0.15, 0.2) is 34.4 Å². The monoisotopic (exact) mass is 1740 g/mol. The van der Waals surface area contributed by atoms with E-state index < -0.39 is 16.8 Å². The molecule has 0 atom stereocenters. The molecule has 0 aromatic carbocycles. The summed E-state index contributed by atoms with van der Waals surface area (Å²) in [5.74, 6) is 2.49. The van der Waals surface area contributed by atoms with E-state index in [0.29, 0.717) is 70.6 Å². The first-order valence-corrected chi connectivity index (χ1v) is 42.8. The van der Waals surface area contributed by atoms with Crippen LogP contribution in [-0.4, -0.2) is 180 Å². The molecular weight excluding hydrogens is 1630 g/mol. The van der Waals surface area contributed by atoms with Crippen molar-refractivity contribution in [1.29, 1.82) is 0 Å². The van der Waals surface area contributed by atoms with Gasteiger partial charge in [-0.2, -0.15) is 0 Å². The molecule has 12 aromatic heterocycles. The van der Waals surface area contributed by atoms with E-state index in [1.54, 1.807) is 39.5 Å². The summed E-state index contributed by atoms with van der Waals surface area (Å²) < 4.78 is 35.5. The lowest BCUT2D eigenvalue weighted by molar-refractivity contribution is 0.00578. The van der Waals surface area contributed by atoms with E-state index in [-0.39, 0.29) is 36.6 Å². The van der Waals surface area contributed by atoms with E-state index in [4.69, 9.17) is 38.5 Å². The smallest absolute Gasteiger partial charge is 0.444 e. The molecule has 2 saturated heterocycles. The molecule has 29 nitrogen and oxygen atoms in total. The number of nitrogens with one attached hydrogen (secondary N) is 3. The quantitative estimate of drug-likeness (QED) is 0.0634. The molecule has 0 saturated carbocycles. The number of hydrogen-bond acceptors (Lipinski definition) is 23. The number of carbonyl (C=O) groups excluding carboxylic acids is 3. The average molecular weight is 1740 g/mol. The molecule has 0 spiro atoms. The highest BCUT2D eigenvalue weighted by Gasteiger charge is 2.52. The summed E-state index contributed by atoms with van der Waals surface area (Å²) in [4.78, 5) is 96.3. The molecule has 0 unspecified atom stereocenters. The molecule has 124 heavy (non-hydrogen) atoms. The molecule has 4 aliphatic rings. The second-order valence-corrected chi connectivity index (χ2v) is 36.5. The molecule has 16 rings (SSSR count). The molecule has 3 amide bonds. The highest BCUT2D eigenvalue weighted by Crippen LogP contribution is 2.40. The predicted molar refractivity (Wildman–Crippen MR) is 486 cm³/mol. The molecule has 0 aliphatic carbocycles. The highest BCUT2D eigenvalue weighted by molar-refractivity contribution is 9.10. The van der Waals surface area contributed by atoms with Gasteiger partial charge in [-0.3, -0.25) is 43.1 Å². The van der Waals surface area contributed by atoms with E-state index in [1.807, 2.05) is 224 Å². The van der Waals surface area contributed by atoms with Crippen molar-refractivity contribution in [2.45, 2.75) is 211 Å². The average Bonchev–Trinajstić information content (AvgIpc) is 1.61. The van der Waals surface area contributed by atoms with Crippen molar-refractivity contribution >= 4 is 81.3 Å². The number of pyridine rings is 6. The first-order valence-electron chi connectivity index (χ1n) is 42.1. The van der Waals surface area contributed by atoms with Crippen LogP contribution < -0.4 is 16.0 Å². The zero-order chi connectivity index (χ0) is 88.6. The molecular formula is C93H113BBrN21O8. The van der Waals surface area contributed by atoms with Crippen LogP contribution >= 0.6 is 15.9 Å². The molecule has 0 radical (unpaired) electrons. The summed E-state index contributed by atoms with van der Waals surface area (Å²) in [6.45, 7) is 42.7. The van der Waals surface area contributed by atoms with Crippen molar-refractivity contribution in [3.8, 4) is 33.8 Å². The molecule has 31 heteroatoms. The molecule has 12 aromatic rings. The van der Waals surface area contributed by atoms with Crippen molar-refractivity contribution in [2.75, 3.05) is 55.2 Å². The lowest BCUT2D eigenvalue weighted by atomic mass is 9.75. The molecule has 2 fully saturated rings. The summed E-state index contributed by atoms with van der Waals surface area (Å²) in [6, 6.07) is 18.5. The topological polar surface area (TPSA) is 311 Å². The van der Waals surface area contributed by atoms with Crippen LogP contribution in [0.25, 0.3) is 56.3 Å². The normalized spacial score (nSPS) is 15.4. The standard InChI is InChI=1S/C29H35N7O2.C29H33N7O2.C19H17BrN6.C16H28BNO4/c2*1-19-14-21(16-32-25(19)23-6-9-30-20(2)15-23)17-33-26-27-34-18-24(36(27)13-10-31-26)22-7-11-35(12-8-22)28(37)38-29(3,4)5;1-12-7-14(9-23-17(12)15-3-4-21-13(2)8-15)10-24-18-19-25-11-16(20)26(19)6-5-22-18;1-14(2,3)20-13(19)18-10-8-12(9-11-18)17-21-15(4,5)16(6,7)22-17/h6,9-10,13-16,18,22H,7-8,11-12,17H2,1-5H3,(H,31,33);6-7,9-10,13-16,18H,8,11-12,17H2,1-5H3,(H,31,33);3-9,11H,10H2,1-2H3,(H,22,24);8H,9-11H2,1-7H3. The predicted octanol–water partition coefficient (Wildman–Crippen LogP) is 18.3. The van der Waals surface area contributed by atoms with Gasteiger partial charge in [0.25, 0.3) is 0 Å². The Morgan fingerprint density at radius 3 is 1.24 bits per heavy atom. The maximum absolute atomic E-state index is 12.4. The number of rotatable bonds is 15. The van der Waals surface area contributed by atoms with E-state index in [9.17, 15) is 14.4 Å². The third-order valence-electron chi connectivity index (χ3n) is 21.8. The van der Waals surface area contributed by atoms with Crippen LogP contribution in [0.4, 0.5) is 31.8 Å². The number of imidazole rings is 3. The van der Waals surface area contributed by atoms with Crippen molar-refractivity contribution < 1.29 is 37.9 Å². The van der Waals surface area contributed by atoms with Gasteiger partial charge in [0, 0.05) is 185 Å². The summed E-state index contributed by atoms with van der Waals surface area (Å²) in [6.07, 6.45) is 34.3. The summed E-state index contributed by atoms with van der Waals surface area (Å²) in [5, 5.41) is 10.2. The number of piperidine rings is 1. The Balaban J connectivity index is 0.000000146. The van der Waals surface area contributed by atoms with E-state index >= 15 is 0 Å². The number of nitrogens with zero attached hydrogens (tertiary/aromatic N) is 18. The first kappa shape index (κ1) is 89.7. The number of hydrogen-bond donors (Lipinski definition) is 3. The van der Waals surface area contributed by atoms with Crippen LogP contribution in [0.3, 0.4) is 0 Å². The Bertz CT molecular complexity index is 5900. The maximum Gasteiger partial charge on any atom is 0.490 e. The van der Waals surface area contributed by atoms with Gasteiger partial charge in [-0.25, -0.2) is 44.3 Å². The Morgan fingerprint density at radius 2 is 0.839 bits per heavy atom. The Morgan fingerprint density at radius 1 is 0.452 bits per heavy atom. The van der Waals surface area contributed by atoms with Crippen LogP contribution in [0.1, 0.15) is 183 Å². The van der Waals surface area contributed by atoms with Gasteiger partial charge < -0.3 is 54.2 Å². The van der Waals surface area contributed by atoms with E-state index in [0.717, 1.165) is 166 Å². The largest absolute Gasteiger partial charge is 0.490 e. The fourth-order valence-electron chi connectivity index (χ4n) is 14.9. The van der Waals surface area contributed by atoms with Gasteiger partial charge in [0.1, 0.15) is 21.4 Å². The number of anilines is 3. The number of amides is 3. The number of aryl methyl sites for hydroxylation is 6. The number of halogens is 1. The first-order chi connectivity index (χ1) is 58.9. The van der Waals surface area contributed by atoms with Crippen LogP contribution in [0, 0.1) is 41.5 Å². The second-order valence-electron chi connectivity index (χ2n) is 35.7. The Hall–Kier alpha value is -12.1. The molecule has 16 heterocycles. The molecule has 4 aliphatic heterocycles. The zero-order valence-corrected chi connectivity index (χ0v) is 76.1. The van der Waals surface area contributed by atoms with Gasteiger partial charge >= 0.3 is 25.4 Å². The van der Waals surface area contributed by atoms with Crippen LogP contribution in [0.5, 0.6) is 0 Å². The molecule has 3 N–H and O–H groups in total. The fraction of sp³-hybridized carbons (Fsp3) is 0.409. The van der Waals surface area contributed by atoms with Crippen molar-refractivity contribution in [2.24, 2.45) is 0 Å². The van der Waals surface area contributed by atoms with Gasteiger partial charge in [-0.05, 0) is 254 Å². The number of carbonyl (C=O) groups is 3.